The first kappa shape index (κ1) is 21.4. The highest BCUT2D eigenvalue weighted by Gasteiger charge is 2.15. The van der Waals surface area contributed by atoms with E-state index in [0.29, 0.717) is 35.4 Å². The Bertz CT molecular complexity index is 1180. The number of aryl methyl sites for hydroxylation is 2. The van der Waals surface area contributed by atoms with Crippen molar-refractivity contribution in [3.63, 3.8) is 0 Å². The van der Waals surface area contributed by atoms with Crippen LogP contribution >= 0.6 is 11.3 Å². The van der Waals surface area contributed by atoms with E-state index in [2.05, 4.69) is 36.1 Å². The quantitative estimate of drug-likeness (QED) is 0.349. The minimum atomic E-state index is -0.125. The summed E-state index contributed by atoms with van der Waals surface area (Å²) in [5, 5.41) is 18.3. The number of nitrogens with zero attached hydrogens (tertiary/aromatic N) is 4. The van der Waals surface area contributed by atoms with Crippen LogP contribution in [0.2, 0.25) is 0 Å². The Labute approximate surface area is 190 Å². The van der Waals surface area contributed by atoms with E-state index in [0.717, 1.165) is 21.8 Å². The van der Waals surface area contributed by atoms with Gasteiger partial charge in [0, 0.05) is 24.8 Å². The Morgan fingerprint density at radius 1 is 0.906 bits per heavy atom. The smallest absolute Gasteiger partial charge is 0.263 e. The lowest BCUT2D eigenvalue weighted by Gasteiger charge is -2.08. The van der Waals surface area contributed by atoms with Gasteiger partial charge in [0.15, 0.2) is 5.82 Å². The highest BCUT2D eigenvalue weighted by Crippen LogP contribution is 2.27. The van der Waals surface area contributed by atoms with E-state index in [9.17, 15) is 4.79 Å². The van der Waals surface area contributed by atoms with Crippen molar-refractivity contribution in [1.29, 1.82) is 0 Å². The van der Waals surface area contributed by atoms with Crippen LogP contribution in [-0.2, 0) is 0 Å². The van der Waals surface area contributed by atoms with Gasteiger partial charge in [0.25, 0.3) is 5.91 Å². The number of amides is 1. The fourth-order valence-electron chi connectivity index (χ4n) is 2.92. The van der Waals surface area contributed by atoms with Crippen molar-refractivity contribution in [1.82, 2.24) is 25.5 Å². The van der Waals surface area contributed by atoms with Gasteiger partial charge in [-0.05, 0) is 37.6 Å². The van der Waals surface area contributed by atoms with E-state index >= 15 is 0 Å². The molecule has 3 heterocycles. The molecule has 0 spiro atoms. The molecule has 32 heavy (non-hydrogen) atoms. The predicted molar refractivity (Wildman–Crippen MR) is 127 cm³/mol. The molecule has 1 amide bonds. The second kappa shape index (κ2) is 9.97. The minimum absolute atomic E-state index is 0.125. The summed E-state index contributed by atoms with van der Waals surface area (Å²) in [6.07, 6.45) is 1.79. The molecule has 0 saturated heterocycles. The molecule has 162 valence electrons. The molecule has 0 aliphatic heterocycles. The summed E-state index contributed by atoms with van der Waals surface area (Å²) in [7, 11) is 0. The van der Waals surface area contributed by atoms with Gasteiger partial charge < -0.3 is 16.0 Å². The monoisotopic (exact) mass is 445 g/mol. The van der Waals surface area contributed by atoms with E-state index in [1.165, 1.54) is 11.3 Å². The predicted octanol–water partition coefficient (Wildman–Crippen LogP) is 4.20. The van der Waals surface area contributed by atoms with Gasteiger partial charge in [0.2, 0.25) is 0 Å². The van der Waals surface area contributed by atoms with Crippen LogP contribution in [0.15, 0.2) is 60.8 Å². The second-order valence-electron chi connectivity index (χ2n) is 7.13. The molecule has 0 aliphatic rings. The largest absolute Gasteiger partial charge is 0.367 e. The number of pyridine rings is 1. The first-order valence-corrected chi connectivity index (χ1v) is 11.0. The molecule has 3 aromatic heterocycles. The van der Waals surface area contributed by atoms with Crippen molar-refractivity contribution in [2.45, 2.75) is 13.8 Å². The molecule has 4 aromatic rings. The van der Waals surface area contributed by atoms with Gasteiger partial charge in [0.05, 0.1) is 5.69 Å². The van der Waals surface area contributed by atoms with Gasteiger partial charge in [-0.1, -0.05) is 36.4 Å². The standard InChI is InChI=1S/C23H23N7OS/c1-15-8-9-18(26-14-15)28-20-11-10-19(29-30-20)24-12-13-25-22(31)21-16(2)27-23(32-21)17-6-4-3-5-7-17/h3-11,14H,12-13H2,1-2H3,(H,24,29)(H,25,31)(H,26,28,30). The summed E-state index contributed by atoms with van der Waals surface area (Å²) in [6.45, 7) is 4.81. The maximum absolute atomic E-state index is 12.6. The van der Waals surface area contributed by atoms with Crippen molar-refractivity contribution >= 4 is 34.7 Å². The SMILES string of the molecule is Cc1ccc(Nc2ccc(NCCNC(=O)c3sc(-c4ccccc4)nc3C)nn2)nc1. The average molecular weight is 446 g/mol. The first-order chi connectivity index (χ1) is 15.6. The van der Waals surface area contributed by atoms with Gasteiger partial charge in [-0.2, -0.15) is 0 Å². The first-order valence-electron chi connectivity index (χ1n) is 10.2. The molecular formula is C23H23N7OS. The lowest BCUT2D eigenvalue weighted by atomic mass is 10.2. The molecule has 4 rings (SSSR count). The maximum Gasteiger partial charge on any atom is 0.263 e. The molecule has 3 N–H and O–H groups in total. The normalized spacial score (nSPS) is 10.6. The molecule has 0 radical (unpaired) electrons. The minimum Gasteiger partial charge on any atom is -0.367 e. The molecule has 8 nitrogen and oxygen atoms in total. The van der Waals surface area contributed by atoms with Crippen LogP contribution in [-0.4, -0.2) is 39.2 Å². The molecule has 1 aromatic carbocycles. The van der Waals surface area contributed by atoms with Crippen molar-refractivity contribution < 1.29 is 4.79 Å². The molecule has 0 bridgehead atoms. The van der Waals surface area contributed by atoms with Gasteiger partial charge in [-0.15, -0.1) is 21.5 Å². The zero-order chi connectivity index (χ0) is 22.3. The molecule has 0 aliphatic carbocycles. The van der Waals surface area contributed by atoms with Crippen LogP contribution in [0.1, 0.15) is 20.9 Å². The lowest BCUT2D eigenvalue weighted by Crippen LogP contribution is -2.28. The molecule has 0 fully saturated rings. The third kappa shape index (κ3) is 5.44. The number of carbonyl (C=O) groups is 1. The number of carbonyl (C=O) groups excluding carboxylic acids is 1. The molecule has 9 heteroatoms. The van der Waals surface area contributed by atoms with Gasteiger partial charge >= 0.3 is 0 Å². The molecule has 0 saturated carbocycles. The highest BCUT2D eigenvalue weighted by atomic mass is 32.1. The second-order valence-corrected chi connectivity index (χ2v) is 8.13. The van der Waals surface area contributed by atoms with E-state index < -0.39 is 0 Å². The van der Waals surface area contributed by atoms with Crippen molar-refractivity contribution in [2.24, 2.45) is 0 Å². The summed E-state index contributed by atoms with van der Waals surface area (Å²) in [5.74, 6) is 1.82. The van der Waals surface area contributed by atoms with Crippen molar-refractivity contribution in [3.8, 4) is 10.6 Å². The number of hydrogen-bond donors (Lipinski definition) is 3. The van der Waals surface area contributed by atoms with Crippen molar-refractivity contribution in [2.75, 3.05) is 23.7 Å². The van der Waals surface area contributed by atoms with E-state index in [1.54, 1.807) is 6.20 Å². The Morgan fingerprint density at radius 3 is 2.38 bits per heavy atom. The number of aromatic nitrogens is 4. The van der Waals surface area contributed by atoms with E-state index in [-0.39, 0.29) is 5.91 Å². The summed E-state index contributed by atoms with van der Waals surface area (Å²) in [4.78, 5) is 22.0. The fraction of sp³-hybridized carbons (Fsp3) is 0.174. The molecular weight excluding hydrogens is 422 g/mol. The zero-order valence-electron chi connectivity index (χ0n) is 17.8. The fourth-order valence-corrected chi connectivity index (χ4v) is 3.91. The number of nitrogens with one attached hydrogen (secondary N) is 3. The Hall–Kier alpha value is -3.85. The lowest BCUT2D eigenvalue weighted by molar-refractivity contribution is 0.0958. The summed E-state index contributed by atoms with van der Waals surface area (Å²) < 4.78 is 0. The number of thiazole rings is 1. The highest BCUT2D eigenvalue weighted by molar-refractivity contribution is 7.17. The third-order valence-electron chi connectivity index (χ3n) is 4.57. The number of anilines is 3. The van der Waals surface area contributed by atoms with Gasteiger partial charge in [0.1, 0.15) is 21.5 Å². The van der Waals surface area contributed by atoms with Crippen LogP contribution in [0.4, 0.5) is 17.5 Å². The topological polar surface area (TPSA) is 105 Å². The summed E-state index contributed by atoms with van der Waals surface area (Å²) in [5.41, 5.74) is 2.84. The Balaban J connectivity index is 1.25. The Morgan fingerprint density at radius 2 is 1.66 bits per heavy atom. The van der Waals surface area contributed by atoms with Gasteiger partial charge in [-0.3, -0.25) is 4.79 Å². The summed E-state index contributed by atoms with van der Waals surface area (Å²) >= 11 is 1.40. The number of rotatable bonds is 8. The zero-order valence-corrected chi connectivity index (χ0v) is 18.6. The number of hydrogen-bond acceptors (Lipinski definition) is 8. The van der Waals surface area contributed by atoms with Crippen molar-refractivity contribution in [3.05, 3.63) is 76.9 Å². The van der Waals surface area contributed by atoms with Crippen LogP contribution in [0, 0.1) is 13.8 Å². The van der Waals surface area contributed by atoms with Crippen LogP contribution in [0.25, 0.3) is 10.6 Å². The van der Waals surface area contributed by atoms with E-state index in [1.807, 2.05) is 68.4 Å². The number of benzene rings is 1. The summed E-state index contributed by atoms with van der Waals surface area (Å²) in [6, 6.07) is 17.4. The maximum atomic E-state index is 12.6. The average Bonchev–Trinajstić information content (AvgIpc) is 3.21. The van der Waals surface area contributed by atoms with Gasteiger partial charge in [-0.25, -0.2) is 9.97 Å². The van der Waals surface area contributed by atoms with Crippen LogP contribution < -0.4 is 16.0 Å². The molecule has 0 atom stereocenters. The van der Waals surface area contributed by atoms with E-state index in [4.69, 9.17) is 0 Å². The Kier molecular flexibility index (Phi) is 6.66. The van der Waals surface area contributed by atoms with Crippen LogP contribution in [0.3, 0.4) is 0 Å². The molecule has 0 unspecified atom stereocenters. The third-order valence-corrected chi connectivity index (χ3v) is 5.78. The van der Waals surface area contributed by atoms with Crippen LogP contribution in [0.5, 0.6) is 0 Å².